The molecule has 0 saturated carbocycles. The number of halogens is 5. The van der Waals surface area contributed by atoms with E-state index in [0.717, 1.165) is 18.0 Å². The fourth-order valence-electron chi connectivity index (χ4n) is 2.19. The van der Waals surface area contributed by atoms with Gasteiger partial charge in [-0.25, -0.2) is 0 Å². The van der Waals surface area contributed by atoms with Gasteiger partial charge in [0.05, 0.1) is 16.3 Å². The molecule has 1 aromatic carbocycles. The minimum Gasteiger partial charge on any atom is -0.483 e. The lowest BCUT2D eigenvalue weighted by molar-refractivity contribution is -0.147. The van der Waals surface area contributed by atoms with Gasteiger partial charge in [-0.3, -0.25) is 0 Å². The lowest BCUT2D eigenvalue weighted by Crippen LogP contribution is -2.13. The summed E-state index contributed by atoms with van der Waals surface area (Å²) in [6, 6.07) is 8.09. The van der Waals surface area contributed by atoms with E-state index in [-0.39, 0.29) is 17.5 Å². The van der Waals surface area contributed by atoms with Gasteiger partial charge in [0.15, 0.2) is 5.75 Å². The molecule has 12 heteroatoms. The molecule has 0 aliphatic carbocycles. The minimum absolute atomic E-state index is 0.0225. The van der Waals surface area contributed by atoms with Gasteiger partial charge in [0.1, 0.15) is 18.1 Å². The summed E-state index contributed by atoms with van der Waals surface area (Å²) in [5, 5.41) is 11.3. The number of para-hydroxylation sites is 1. The molecule has 3 aromatic rings. The third kappa shape index (κ3) is 5.26. The zero-order valence-corrected chi connectivity index (χ0v) is 17.1. The predicted molar refractivity (Wildman–Crippen MR) is 104 cm³/mol. The van der Waals surface area contributed by atoms with E-state index >= 15 is 0 Å². The molecule has 0 saturated heterocycles. The van der Waals surface area contributed by atoms with E-state index < -0.39 is 12.0 Å². The van der Waals surface area contributed by atoms with Crippen LogP contribution in [0.25, 0.3) is 0 Å². The third-order valence-electron chi connectivity index (χ3n) is 3.40. The first-order valence-corrected chi connectivity index (χ1v) is 9.89. The quantitative estimate of drug-likeness (QED) is 0.328. The zero-order valence-electron chi connectivity index (χ0n) is 14.8. The van der Waals surface area contributed by atoms with Crippen LogP contribution in [0.5, 0.6) is 5.75 Å². The molecule has 0 atom stereocenters. The molecule has 0 aliphatic rings. The van der Waals surface area contributed by atoms with Crippen LogP contribution in [-0.2, 0) is 12.8 Å². The SMILES string of the molecule is CCSc1nnc(C(F)(F)F)n1/N=C/c1ccc(COc2c(Cl)cccc2Cl)o1. The van der Waals surface area contributed by atoms with Crippen LogP contribution in [0, 0.1) is 0 Å². The highest BCUT2D eigenvalue weighted by atomic mass is 35.5. The Kier molecular flexibility index (Phi) is 6.76. The normalized spacial score (nSPS) is 12.1. The maximum Gasteiger partial charge on any atom is 0.453 e. The van der Waals surface area contributed by atoms with Gasteiger partial charge in [0, 0.05) is 0 Å². The third-order valence-corrected chi connectivity index (χ3v) is 4.80. The molecule has 29 heavy (non-hydrogen) atoms. The Hall–Kier alpha value is -2.17. The second-order valence-electron chi connectivity index (χ2n) is 5.44. The van der Waals surface area contributed by atoms with Crippen LogP contribution in [0.1, 0.15) is 24.3 Å². The first-order valence-electron chi connectivity index (χ1n) is 8.15. The van der Waals surface area contributed by atoms with E-state index in [4.69, 9.17) is 32.4 Å². The van der Waals surface area contributed by atoms with Gasteiger partial charge in [0.25, 0.3) is 5.82 Å². The molecule has 0 bridgehead atoms. The summed E-state index contributed by atoms with van der Waals surface area (Å²) < 4.78 is 51.0. The van der Waals surface area contributed by atoms with Crippen molar-refractivity contribution in [1.29, 1.82) is 0 Å². The van der Waals surface area contributed by atoms with Gasteiger partial charge in [-0.05, 0) is 30.0 Å². The first-order chi connectivity index (χ1) is 13.8. The van der Waals surface area contributed by atoms with Crippen LogP contribution >= 0.6 is 35.0 Å². The van der Waals surface area contributed by atoms with Gasteiger partial charge in [-0.1, -0.05) is 48.0 Å². The van der Waals surface area contributed by atoms with Crippen molar-refractivity contribution in [3.63, 3.8) is 0 Å². The molecule has 0 N–H and O–H groups in total. The van der Waals surface area contributed by atoms with E-state index in [1.165, 1.54) is 0 Å². The monoisotopic (exact) mass is 464 g/mol. The van der Waals surface area contributed by atoms with Gasteiger partial charge >= 0.3 is 6.18 Å². The van der Waals surface area contributed by atoms with Crippen molar-refractivity contribution in [1.82, 2.24) is 14.9 Å². The van der Waals surface area contributed by atoms with Crippen LogP contribution in [0.15, 0.2) is 45.0 Å². The van der Waals surface area contributed by atoms with Crippen molar-refractivity contribution in [3.8, 4) is 5.75 Å². The summed E-state index contributed by atoms with van der Waals surface area (Å²) in [6.07, 6.45) is -3.54. The highest BCUT2D eigenvalue weighted by molar-refractivity contribution is 7.99. The average Bonchev–Trinajstić information content (AvgIpc) is 3.26. The summed E-state index contributed by atoms with van der Waals surface area (Å²) in [5.74, 6) is 0.239. The second kappa shape index (κ2) is 9.10. The topological polar surface area (TPSA) is 65.4 Å². The van der Waals surface area contributed by atoms with Gasteiger partial charge in [0.2, 0.25) is 5.16 Å². The molecule has 0 aliphatic heterocycles. The maximum atomic E-state index is 13.1. The van der Waals surface area contributed by atoms with Gasteiger partial charge in [-0.15, -0.1) is 10.2 Å². The Labute approximate surface area is 177 Å². The van der Waals surface area contributed by atoms with Crippen molar-refractivity contribution in [2.75, 3.05) is 5.75 Å². The molecular formula is C17H13Cl2F3N4O2S. The van der Waals surface area contributed by atoms with Crippen LogP contribution in [-0.4, -0.2) is 26.8 Å². The highest BCUT2D eigenvalue weighted by Crippen LogP contribution is 2.33. The van der Waals surface area contributed by atoms with Crippen molar-refractivity contribution >= 4 is 41.2 Å². The van der Waals surface area contributed by atoms with Crippen molar-refractivity contribution in [2.45, 2.75) is 24.9 Å². The largest absolute Gasteiger partial charge is 0.483 e. The first kappa shape index (κ1) is 21.5. The summed E-state index contributed by atoms with van der Waals surface area (Å²) in [6.45, 7) is 1.80. The molecule has 0 fully saturated rings. The molecule has 0 spiro atoms. The molecule has 6 nitrogen and oxygen atoms in total. The molecule has 0 unspecified atom stereocenters. The van der Waals surface area contributed by atoms with Gasteiger partial charge in [-0.2, -0.15) is 22.9 Å². The number of furan rings is 1. The van der Waals surface area contributed by atoms with Gasteiger partial charge < -0.3 is 9.15 Å². The number of rotatable bonds is 7. The van der Waals surface area contributed by atoms with E-state index in [2.05, 4.69) is 15.3 Å². The summed E-state index contributed by atoms with van der Waals surface area (Å²) >= 11 is 13.1. The minimum atomic E-state index is -4.69. The Morgan fingerprint density at radius 1 is 1.21 bits per heavy atom. The van der Waals surface area contributed by atoms with Crippen LogP contribution < -0.4 is 4.74 Å². The maximum absolute atomic E-state index is 13.1. The number of hydrogen-bond acceptors (Lipinski definition) is 6. The fraction of sp³-hybridized carbons (Fsp3) is 0.235. The van der Waals surface area contributed by atoms with Crippen molar-refractivity contribution < 1.29 is 22.3 Å². The zero-order chi connectivity index (χ0) is 21.0. The molecule has 2 heterocycles. The number of benzene rings is 1. The van der Waals surface area contributed by atoms with Crippen LogP contribution in [0.3, 0.4) is 0 Å². The van der Waals surface area contributed by atoms with Crippen LogP contribution in [0.4, 0.5) is 13.2 Å². The lowest BCUT2D eigenvalue weighted by atomic mass is 10.3. The summed E-state index contributed by atoms with van der Waals surface area (Å²) in [4.78, 5) is 0. The number of aromatic nitrogens is 3. The van der Waals surface area contributed by atoms with E-state index in [1.807, 2.05) is 0 Å². The van der Waals surface area contributed by atoms with Crippen LogP contribution in [0.2, 0.25) is 10.0 Å². The Balaban J connectivity index is 1.75. The second-order valence-corrected chi connectivity index (χ2v) is 7.48. The highest BCUT2D eigenvalue weighted by Gasteiger charge is 2.38. The standard InChI is InChI=1S/C17H13Cl2F3N4O2S/c1-2-29-16-25-24-15(17(20,21)22)26(16)23-8-10-6-7-11(28-10)9-27-14-12(18)4-3-5-13(14)19/h3-8H,2,9H2,1H3/b23-8+. The number of hydrogen-bond donors (Lipinski definition) is 0. The summed E-state index contributed by atoms with van der Waals surface area (Å²) in [5.41, 5.74) is 0. The van der Waals surface area contributed by atoms with E-state index in [1.54, 1.807) is 37.3 Å². The van der Waals surface area contributed by atoms with Crippen molar-refractivity contribution in [2.24, 2.45) is 5.10 Å². The van der Waals surface area contributed by atoms with E-state index in [0.29, 0.717) is 32.0 Å². The van der Waals surface area contributed by atoms with E-state index in [9.17, 15) is 13.2 Å². The Morgan fingerprint density at radius 2 is 1.93 bits per heavy atom. The smallest absolute Gasteiger partial charge is 0.453 e. The molecule has 3 rings (SSSR count). The Bertz CT molecular complexity index is 1000. The predicted octanol–water partition coefficient (Wildman–Crippen LogP) is 5.77. The summed E-state index contributed by atoms with van der Waals surface area (Å²) in [7, 11) is 0. The molecule has 2 aromatic heterocycles. The number of nitrogens with zero attached hydrogens (tertiary/aromatic N) is 4. The molecule has 0 radical (unpaired) electrons. The molecular weight excluding hydrogens is 452 g/mol. The lowest BCUT2D eigenvalue weighted by Gasteiger charge is -2.08. The molecule has 0 amide bonds. The number of alkyl halides is 3. The molecule has 154 valence electrons. The number of ether oxygens (including phenoxy) is 1. The van der Waals surface area contributed by atoms with Crippen molar-refractivity contribution in [3.05, 3.63) is 57.7 Å². The average molecular weight is 465 g/mol. The Morgan fingerprint density at radius 3 is 2.59 bits per heavy atom. The fourth-order valence-corrected chi connectivity index (χ4v) is 3.30. The number of thioether (sulfide) groups is 1.